The Morgan fingerprint density at radius 3 is 2.32 bits per heavy atom. The number of hydrogen-bond donors (Lipinski definition) is 1. The highest BCUT2D eigenvalue weighted by Crippen LogP contribution is 2.49. The number of hydrogen-bond acceptors (Lipinski definition) is 4. The molecule has 0 unspecified atom stereocenters. The molecule has 1 aromatic carbocycles. The summed E-state index contributed by atoms with van der Waals surface area (Å²) in [7, 11) is 0. The zero-order chi connectivity index (χ0) is 22.0. The van der Waals surface area contributed by atoms with Crippen LogP contribution in [0.3, 0.4) is 0 Å². The van der Waals surface area contributed by atoms with Crippen molar-refractivity contribution in [2.75, 3.05) is 38.0 Å². The first kappa shape index (κ1) is 21.9. The van der Waals surface area contributed by atoms with Gasteiger partial charge in [-0.3, -0.25) is 14.5 Å². The van der Waals surface area contributed by atoms with Gasteiger partial charge in [0.15, 0.2) is 0 Å². The summed E-state index contributed by atoms with van der Waals surface area (Å²) in [4.78, 5) is 28.8. The van der Waals surface area contributed by atoms with Crippen molar-refractivity contribution < 1.29 is 27.5 Å². The van der Waals surface area contributed by atoms with Crippen molar-refractivity contribution in [3.63, 3.8) is 0 Å². The summed E-state index contributed by atoms with van der Waals surface area (Å²) in [6.45, 7) is 2.69. The number of rotatable bonds is 6. The molecule has 9 heteroatoms. The monoisotopic (exact) mass is 439 g/mol. The lowest BCUT2D eigenvalue weighted by atomic mass is 9.86. The molecule has 1 saturated heterocycles. The maximum Gasteiger partial charge on any atom is 0.573 e. The molecule has 2 saturated carbocycles. The van der Waals surface area contributed by atoms with Gasteiger partial charge in [0, 0.05) is 38.3 Å². The van der Waals surface area contributed by atoms with E-state index >= 15 is 0 Å². The van der Waals surface area contributed by atoms with E-state index in [0.29, 0.717) is 44.2 Å². The van der Waals surface area contributed by atoms with Crippen LogP contribution in [0.2, 0.25) is 0 Å². The first-order chi connectivity index (χ1) is 14.7. The number of amides is 2. The third-order valence-electron chi connectivity index (χ3n) is 6.79. The van der Waals surface area contributed by atoms with Crippen molar-refractivity contribution >= 4 is 17.5 Å². The van der Waals surface area contributed by atoms with E-state index in [1.165, 1.54) is 37.8 Å². The maximum atomic E-state index is 12.7. The zero-order valence-corrected chi connectivity index (χ0v) is 17.4. The minimum absolute atomic E-state index is 0.176. The molecule has 1 aromatic rings. The van der Waals surface area contributed by atoms with Crippen LogP contribution in [0.25, 0.3) is 0 Å². The third kappa shape index (κ3) is 5.90. The average Bonchev–Trinajstić information content (AvgIpc) is 3.32. The topological polar surface area (TPSA) is 61.9 Å². The molecule has 2 aliphatic carbocycles. The molecule has 170 valence electrons. The van der Waals surface area contributed by atoms with Crippen LogP contribution >= 0.6 is 0 Å². The average molecular weight is 439 g/mol. The SMILES string of the molecule is O=C(CN1CCN(C(=O)C[C@@H]2C[C@H]3CC[C@H]2C3)CC1)Nc1ccc(OC(F)(F)F)cc1. The van der Waals surface area contributed by atoms with Crippen LogP contribution in [0.5, 0.6) is 5.75 Å². The minimum atomic E-state index is -4.75. The number of nitrogens with zero attached hydrogens (tertiary/aromatic N) is 2. The second-order valence-corrected chi connectivity index (χ2v) is 8.92. The van der Waals surface area contributed by atoms with Crippen LogP contribution in [0, 0.1) is 17.8 Å². The van der Waals surface area contributed by atoms with Gasteiger partial charge in [-0.05, 0) is 61.3 Å². The molecule has 3 atom stereocenters. The Balaban J connectivity index is 1.17. The van der Waals surface area contributed by atoms with E-state index in [1.807, 2.05) is 9.80 Å². The predicted octanol–water partition coefficient (Wildman–Crippen LogP) is 3.49. The largest absolute Gasteiger partial charge is 0.573 e. The van der Waals surface area contributed by atoms with E-state index in [1.54, 1.807) is 0 Å². The highest BCUT2D eigenvalue weighted by molar-refractivity contribution is 5.92. The highest BCUT2D eigenvalue weighted by atomic mass is 19.4. The number of benzene rings is 1. The van der Waals surface area contributed by atoms with E-state index < -0.39 is 6.36 Å². The van der Waals surface area contributed by atoms with E-state index in [9.17, 15) is 22.8 Å². The van der Waals surface area contributed by atoms with E-state index in [2.05, 4.69) is 10.1 Å². The second kappa shape index (κ2) is 9.06. The van der Waals surface area contributed by atoms with Crippen LogP contribution < -0.4 is 10.1 Å². The predicted molar refractivity (Wildman–Crippen MR) is 108 cm³/mol. The molecule has 0 aromatic heterocycles. The number of carbonyl (C=O) groups is 2. The van der Waals surface area contributed by atoms with Crippen molar-refractivity contribution in [3.05, 3.63) is 24.3 Å². The molecule has 4 rings (SSSR count). The molecule has 0 radical (unpaired) electrons. The Kier molecular flexibility index (Phi) is 6.41. The highest BCUT2D eigenvalue weighted by Gasteiger charge is 2.40. The fourth-order valence-electron chi connectivity index (χ4n) is 5.28. The quantitative estimate of drug-likeness (QED) is 0.737. The number of piperazine rings is 1. The minimum Gasteiger partial charge on any atom is -0.406 e. The molecule has 0 spiro atoms. The first-order valence-corrected chi connectivity index (χ1v) is 10.9. The molecule has 6 nitrogen and oxygen atoms in total. The summed E-state index contributed by atoms with van der Waals surface area (Å²) < 4.78 is 40.4. The summed E-state index contributed by atoms with van der Waals surface area (Å²) in [5.41, 5.74) is 0.402. The van der Waals surface area contributed by atoms with Crippen LogP contribution in [-0.4, -0.2) is 60.7 Å². The van der Waals surface area contributed by atoms with Crippen LogP contribution in [0.1, 0.15) is 32.1 Å². The summed E-state index contributed by atoms with van der Waals surface area (Å²) in [5.74, 6) is 1.80. The Hall–Kier alpha value is -2.29. The van der Waals surface area contributed by atoms with Crippen molar-refractivity contribution in [2.24, 2.45) is 17.8 Å². The van der Waals surface area contributed by atoms with Crippen LogP contribution in [0.4, 0.5) is 18.9 Å². The zero-order valence-electron chi connectivity index (χ0n) is 17.4. The standard InChI is InChI=1S/C22H28F3N3O3/c23-22(24,25)31-19-5-3-18(4-6-19)26-20(29)14-27-7-9-28(10-8-27)21(30)13-17-12-15-1-2-16(17)11-15/h3-6,15-17H,1-2,7-14H2,(H,26,29)/t15-,16-,17-/m0/s1. The second-order valence-electron chi connectivity index (χ2n) is 8.92. The van der Waals surface area contributed by atoms with Crippen molar-refractivity contribution in [3.8, 4) is 5.75 Å². The number of fused-ring (bicyclic) bond motifs is 2. The Labute approximate surface area is 179 Å². The number of alkyl halides is 3. The van der Waals surface area contributed by atoms with Crippen molar-refractivity contribution in [2.45, 2.75) is 38.5 Å². The van der Waals surface area contributed by atoms with Crippen LogP contribution in [0.15, 0.2) is 24.3 Å². The van der Waals surface area contributed by atoms with Crippen molar-refractivity contribution in [1.82, 2.24) is 9.80 Å². The van der Waals surface area contributed by atoms with Gasteiger partial charge in [-0.1, -0.05) is 6.42 Å². The lowest BCUT2D eigenvalue weighted by Crippen LogP contribution is -2.50. The smallest absolute Gasteiger partial charge is 0.406 e. The molecule has 1 aliphatic heterocycles. The maximum absolute atomic E-state index is 12.7. The van der Waals surface area contributed by atoms with Gasteiger partial charge in [0.05, 0.1) is 6.54 Å². The molecule has 2 bridgehead atoms. The van der Waals surface area contributed by atoms with Gasteiger partial charge in [-0.25, -0.2) is 0 Å². The lowest BCUT2D eigenvalue weighted by molar-refractivity contribution is -0.274. The molecule has 1 N–H and O–H groups in total. The molecule has 3 aliphatic rings. The van der Waals surface area contributed by atoms with Gasteiger partial charge in [-0.15, -0.1) is 13.2 Å². The molecule has 31 heavy (non-hydrogen) atoms. The molecular formula is C22H28F3N3O3. The summed E-state index contributed by atoms with van der Waals surface area (Å²) in [5, 5.41) is 2.68. The summed E-state index contributed by atoms with van der Waals surface area (Å²) >= 11 is 0. The molecular weight excluding hydrogens is 411 g/mol. The third-order valence-corrected chi connectivity index (χ3v) is 6.79. The van der Waals surface area contributed by atoms with Gasteiger partial charge in [0.2, 0.25) is 11.8 Å². The van der Waals surface area contributed by atoms with Gasteiger partial charge in [0.25, 0.3) is 0 Å². The Morgan fingerprint density at radius 1 is 1.03 bits per heavy atom. The number of carbonyl (C=O) groups excluding carboxylic acids is 2. The summed E-state index contributed by atoms with van der Waals surface area (Å²) in [6.07, 6.45) is 1.05. The van der Waals surface area contributed by atoms with E-state index in [0.717, 1.165) is 24.0 Å². The Bertz CT molecular complexity index is 791. The van der Waals surface area contributed by atoms with E-state index in [-0.39, 0.29) is 24.1 Å². The fourth-order valence-corrected chi connectivity index (χ4v) is 5.28. The number of halogens is 3. The van der Waals surface area contributed by atoms with Gasteiger partial charge < -0.3 is 15.0 Å². The van der Waals surface area contributed by atoms with Crippen LogP contribution in [-0.2, 0) is 9.59 Å². The Morgan fingerprint density at radius 2 is 1.74 bits per heavy atom. The fraction of sp³-hybridized carbons (Fsp3) is 0.636. The molecule has 3 fully saturated rings. The number of nitrogens with one attached hydrogen (secondary N) is 1. The normalized spacial score (nSPS) is 26.2. The summed E-state index contributed by atoms with van der Waals surface area (Å²) in [6, 6.07) is 5.05. The molecule has 2 amide bonds. The number of ether oxygens (including phenoxy) is 1. The first-order valence-electron chi connectivity index (χ1n) is 10.9. The van der Waals surface area contributed by atoms with Gasteiger partial charge in [-0.2, -0.15) is 0 Å². The van der Waals surface area contributed by atoms with Gasteiger partial charge in [0.1, 0.15) is 5.75 Å². The van der Waals surface area contributed by atoms with Crippen molar-refractivity contribution in [1.29, 1.82) is 0 Å². The molecule has 1 heterocycles. The number of anilines is 1. The van der Waals surface area contributed by atoms with Gasteiger partial charge >= 0.3 is 6.36 Å². The van der Waals surface area contributed by atoms with E-state index in [4.69, 9.17) is 0 Å². The lowest BCUT2D eigenvalue weighted by Gasteiger charge is -2.35.